The molecular weight excluding hydrogens is 305 g/mol. The largest absolute Gasteiger partial charge is 0.416 e. The van der Waals surface area contributed by atoms with Crippen molar-refractivity contribution in [2.24, 2.45) is 0 Å². The number of aromatic nitrogens is 2. The lowest BCUT2D eigenvalue weighted by molar-refractivity contribution is -0.137. The minimum absolute atomic E-state index is 0.146. The summed E-state index contributed by atoms with van der Waals surface area (Å²) in [7, 11) is 0. The highest BCUT2D eigenvalue weighted by Gasteiger charge is 2.30. The van der Waals surface area contributed by atoms with Crippen LogP contribution in [0.4, 0.5) is 13.2 Å². The molecule has 0 saturated heterocycles. The van der Waals surface area contributed by atoms with Crippen molar-refractivity contribution in [2.45, 2.75) is 25.7 Å². The Labute approximate surface area is 131 Å². The summed E-state index contributed by atoms with van der Waals surface area (Å²) in [5, 5.41) is 10.4. The first kappa shape index (κ1) is 15.6. The number of aliphatic hydroxyl groups is 1. The van der Waals surface area contributed by atoms with Crippen molar-refractivity contribution in [3.05, 3.63) is 65.5 Å². The summed E-state index contributed by atoms with van der Waals surface area (Å²) in [6.45, 7) is 1.95. The van der Waals surface area contributed by atoms with Crippen LogP contribution in [-0.2, 0) is 12.7 Å². The standard InChI is InChI=1S/C17H15F3N2O/c1-11-21-14-7-2-3-8-15(14)22(11)10-16(23)12-5-4-6-13(9-12)17(18,19)20/h2-9,16,23H,10H2,1H3. The third-order valence-corrected chi connectivity index (χ3v) is 3.80. The molecule has 0 bridgehead atoms. The number of halogens is 3. The fourth-order valence-corrected chi connectivity index (χ4v) is 2.63. The van der Waals surface area contributed by atoms with E-state index >= 15 is 0 Å². The number of alkyl halides is 3. The molecule has 0 saturated carbocycles. The highest BCUT2D eigenvalue weighted by atomic mass is 19.4. The van der Waals surface area contributed by atoms with Gasteiger partial charge in [0.05, 0.1) is 29.2 Å². The monoisotopic (exact) mass is 320 g/mol. The Morgan fingerprint density at radius 2 is 1.87 bits per heavy atom. The van der Waals surface area contributed by atoms with Crippen LogP contribution in [0.1, 0.15) is 23.1 Å². The number of aryl methyl sites for hydroxylation is 1. The minimum Gasteiger partial charge on any atom is -0.387 e. The summed E-state index contributed by atoms with van der Waals surface area (Å²) in [5.41, 5.74) is 1.11. The van der Waals surface area contributed by atoms with Gasteiger partial charge in [0, 0.05) is 0 Å². The molecule has 23 heavy (non-hydrogen) atoms. The van der Waals surface area contributed by atoms with Gasteiger partial charge in [0.2, 0.25) is 0 Å². The van der Waals surface area contributed by atoms with Crippen LogP contribution in [0.15, 0.2) is 48.5 Å². The molecule has 2 aromatic carbocycles. The van der Waals surface area contributed by atoms with Gasteiger partial charge in [0.25, 0.3) is 0 Å². The molecule has 1 aromatic heterocycles. The average Bonchev–Trinajstić information content (AvgIpc) is 2.83. The van der Waals surface area contributed by atoms with E-state index in [4.69, 9.17) is 0 Å². The second-order valence-electron chi connectivity index (χ2n) is 5.40. The summed E-state index contributed by atoms with van der Waals surface area (Å²) < 4.78 is 40.2. The van der Waals surface area contributed by atoms with E-state index in [-0.39, 0.29) is 12.1 Å². The molecule has 6 heteroatoms. The molecule has 120 valence electrons. The van der Waals surface area contributed by atoms with Gasteiger partial charge in [-0.2, -0.15) is 13.2 Å². The molecule has 0 amide bonds. The van der Waals surface area contributed by atoms with Gasteiger partial charge >= 0.3 is 6.18 Å². The van der Waals surface area contributed by atoms with E-state index in [0.29, 0.717) is 5.82 Å². The maximum absolute atomic E-state index is 12.8. The number of hydrogen-bond acceptors (Lipinski definition) is 2. The average molecular weight is 320 g/mol. The fraction of sp³-hybridized carbons (Fsp3) is 0.235. The van der Waals surface area contributed by atoms with Gasteiger partial charge in [0.1, 0.15) is 5.82 Å². The maximum atomic E-state index is 12.8. The highest BCUT2D eigenvalue weighted by molar-refractivity contribution is 5.75. The van der Waals surface area contributed by atoms with Crippen LogP contribution < -0.4 is 0 Å². The summed E-state index contributed by atoms with van der Waals surface area (Å²) in [4.78, 5) is 4.39. The Hall–Kier alpha value is -2.34. The van der Waals surface area contributed by atoms with Gasteiger partial charge in [-0.15, -0.1) is 0 Å². The predicted molar refractivity (Wildman–Crippen MR) is 80.9 cm³/mol. The molecule has 0 aliphatic carbocycles. The summed E-state index contributed by atoms with van der Waals surface area (Å²) in [6.07, 6.45) is -5.47. The normalized spacial score (nSPS) is 13.4. The zero-order valence-electron chi connectivity index (χ0n) is 12.4. The van der Waals surface area contributed by atoms with Crippen LogP contribution in [0.5, 0.6) is 0 Å². The van der Waals surface area contributed by atoms with Gasteiger partial charge < -0.3 is 9.67 Å². The Balaban J connectivity index is 1.92. The van der Waals surface area contributed by atoms with Crippen LogP contribution in [-0.4, -0.2) is 14.7 Å². The Morgan fingerprint density at radius 3 is 2.61 bits per heavy atom. The maximum Gasteiger partial charge on any atom is 0.416 e. The molecule has 0 radical (unpaired) electrons. The summed E-state index contributed by atoms with van der Waals surface area (Å²) in [6, 6.07) is 12.2. The topological polar surface area (TPSA) is 38.0 Å². The molecule has 1 N–H and O–H groups in total. The van der Waals surface area contributed by atoms with Crippen LogP contribution >= 0.6 is 0 Å². The SMILES string of the molecule is Cc1nc2ccccc2n1CC(O)c1cccc(C(F)(F)F)c1. The number of nitrogens with zero attached hydrogens (tertiary/aromatic N) is 2. The Morgan fingerprint density at radius 1 is 1.13 bits per heavy atom. The van der Waals surface area contributed by atoms with E-state index in [1.165, 1.54) is 12.1 Å². The number of hydrogen-bond donors (Lipinski definition) is 1. The lowest BCUT2D eigenvalue weighted by Crippen LogP contribution is -2.12. The quantitative estimate of drug-likeness (QED) is 0.789. The number of para-hydroxylation sites is 2. The smallest absolute Gasteiger partial charge is 0.387 e. The Kier molecular flexibility index (Phi) is 3.85. The van der Waals surface area contributed by atoms with E-state index in [1.54, 1.807) is 11.5 Å². The zero-order chi connectivity index (χ0) is 16.6. The van der Waals surface area contributed by atoms with E-state index < -0.39 is 17.8 Å². The van der Waals surface area contributed by atoms with Gasteiger partial charge in [-0.05, 0) is 36.8 Å². The van der Waals surface area contributed by atoms with Crippen molar-refractivity contribution in [3.63, 3.8) is 0 Å². The van der Waals surface area contributed by atoms with Crippen LogP contribution in [0, 0.1) is 6.92 Å². The van der Waals surface area contributed by atoms with Crippen molar-refractivity contribution < 1.29 is 18.3 Å². The molecular formula is C17H15F3N2O. The first-order valence-corrected chi connectivity index (χ1v) is 7.13. The van der Waals surface area contributed by atoms with Gasteiger partial charge in [-0.25, -0.2) is 4.98 Å². The van der Waals surface area contributed by atoms with Crippen LogP contribution in [0.3, 0.4) is 0 Å². The van der Waals surface area contributed by atoms with Crippen LogP contribution in [0.2, 0.25) is 0 Å². The molecule has 1 heterocycles. The first-order chi connectivity index (χ1) is 10.9. The molecule has 0 aliphatic rings. The molecule has 0 aliphatic heterocycles. The van der Waals surface area contributed by atoms with Crippen molar-refractivity contribution in [3.8, 4) is 0 Å². The fourth-order valence-electron chi connectivity index (χ4n) is 2.63. The number of aliphatic hydroxyl groups excluding tert-OH is 1. The van der Waals surface area contributed by atoms with Crippen molar-refractivity contribution >= 4 is 11.0 Å². The molecule has 1 unspecified atom stereocenters. The van der Waals surface area contributed by atoms with E-state index in [9.17, 15) is 18.3 Å². The Bertz CT molecular complexity index is 839. The lowest BCUT2D eigenvalue weighted by Gasteiger charge is -2.16. The molecule has 0 fully saturated rings. The molecule has 3 nitrogen and oxygen atoms in total. The number of benzene rings is 2. The number of fused-ring (bicyclic) bond motifs is 1. The molecule has 1 atom stereocenters. The van der Waals surface area contributed by atoms with Crippen molar-refractivity contribution in [1.82, 2.24) is 9.55 Å². The summed E-state index contributed by atoms with van der Waals surface area (Å²) >= 11 is 0. The van der Waals surface area contributed by atoms with Gasteiger partial charge in [0.15, 0.2) is 0 Å². The van der Waals surface area contributed by atoms with Crippen molar-refractivity contribution in [1.29, 1.82) is 0 Å². The second-order valence-corrected chi connectivity index (χ2v) is 5.40. The van der Waals surface area contributed by atoms with Gasteiger partial charge in [-0.1, -0.05) is 24.3 Å². The van der Waals surface area contributed by atoms with Crippen LogP contribution in [0.25, 0.3) is 11.0 Å². The highest BCUT2D eigenvalue weighted by Crippen LogP contribution is 2.31. The molecule has 0 spiro atoms. The van der Waals surface area contributed by atoms with E-state index in [0.717, 1.165) is 23.2 Å². The summed E-state index contributed by atoms with van der Waals surface area (Å²) in [5.74, 6) is 0.706. The van der Waals surface area contributed by atoms with E-state index in [2.05, 4.69) is 4.98 Å². The predicted octanol–water partition coefficient (Wildman–Crippen LogP) is 4.10. The lowest BCUT2D eigenvalue weighted by atomic mass is 10.1. The zero-order valence-corrected chi connectivity index (χ0v) is 12.4. The molecule has 3 rings (SSSR count). The minimum atomic E-state index is -4.42. The third-order valence-electron chi connectivity index (χ3n) is 3.80. The van der Waals surface area contributed by atoms with Crippen molar-refractivity contribution in [2.75, 3.05) is 0 Å². The third kappa shape index (κ3) is 3.07. The number of rotatable bonds is 3. The first-order valence-electron chi connectivity index (χ1n) is 7.13. The van der Waals surface area contributed by atoms with E-state index in [1.807, 2.05) is 24.3 Å². The molecule has 3 aromatic rings. The number of imidazole rings is 1. The van der Waals surface area contributed by atoms with Gasteiger partial charge in [-0.3, -0.25) is 0 Å². The second kappa shape index (κ2) is 5.70.